The molecule has 30 heavy (non-hydrogen) atoms. The minimum Gasteiger partial charge on any atom is -0.353 e. The Morgan fingerprint density at radius 1 is 1.13 bits per heavy atom. The summed E-state index contributed by atoms with van der Waals surface area (Å²) in [5, 5.41) is 5.97. The summed E-state index contributed by atoms with van der Waals surface area (Å²) in [7, 11) is -4.42. The van der Waals surface area contributed by atoms with Crippen molar-refractivity contribution in [2.75, 3.05) is 61.3 Å². The van der Waals surface area contributed by atoms with Gasteiger partial charge >= 0.3 is 0 Å². The van der Waals surface area contributed by atoms with E-state index in [9.17, 15) is 13.0 Å². The molecule has 1 fully saturated rings. The number of nitrogens with one attached hydrogen (secondary N) is 2. The molecule has 1 aliphatic heterocycles. The topological polar surface area (TPSA) is 150 Å². The number of hydrogen-bond acceptors (Lipinski definition) is 10. The summed E-state index contributed by atoms with van der Waals surface area (Å²) in [5.74, 6) is 1.00. The van der Waals surface area contributed by atoms with Crippen LogP contribution in [-0.4, -0.2) is 78.6 Å². The lowest BCUT2D eigenvalue weighted by Gasteiger charge is -2.34. The van der Waals surface area contributed by atoms with Crippen molar-refractivity contribution in [3.8, 4) is 0 Å². The van der Waals surface area contributed by atoms with Crippen LogP contribution >= 0.6 is 0 Å². The molecular weight excluding hydrogens is 408 g/mol. The first-order chi connectivity index (χ1) is 14.3. The van der Waals surface area contributed by atoms with Gasteiger partial charge in [0.25, 0.3) is 10.1 Å². The molecule has 0 radical (unpaired) electrons. The standard InChI is InChI=1S/C18H28N8O3S/c1-3-25-8-10-26(11-9-25)18-23-16(20-7-6-19)22-17(24-18)21-14-12-13(2)4-5-15(14)30(27,28)29/h4-5,12H,3,6-11,19H2,1-2H3,(H,27,28,29)(H2,20,21,22,23,24). The second-order valence-corrected chi connectivity index (χ2v) is 8.41. The van der Waals surface area contributed by atoms with Crippen molar-refractivity contribution in [3.05, 3.63) is 23.8 Å². The molecule has 11 nitrogen and oxygen atoms in total. The Balaban J connectivity index is 1.94. The number of rotatable bonds is 8. The fourth-order valence-electron chi connectivity index (χ4n) is 3.18. The van der Waals surface area contributed by atoms with Crippen molar-refractivity contribution < 1.29 is 13.0 Å². The van der Waals surface area contributed by atoms with E-state index in [-0.39, 0.29) is 16.5 Å². The fraction of sp³-hybridized carbons (Fsp3) is 0.500. The van der Waals surface area contributed by atoms with Gasteiger partial charge in [0.1, 0.15) is 4.90 Å². The van der Waals surface area contributed by atoms with Gasteiger partial charge in [0.15, 0.2) is 0 Å². The molecule has 0 amide bonds. The maximum absolute atomic E-state index is 11.8. The van der Waals surface area contributed by atoms with Crippen LogP contribution in [0.2, 0.25) is 0 Å². The van der Waals surface area contributed by atoms with E-state index < -0.39 is 10.1 Å². The van der Waals surface area contributed by atoms with Gasteiger partial charge in [0.05, 0.1) is 5.69 Å². The molecule has 3 rings (SSSR count). The largest absolute Gasteiger partial charge is 0.353 e. The van der Waals surface area contributed by atoms with Gasteiger partial charge < -0.3 is 26.2 Å². The second kappa shape index (κ2) is 9.51. The number of nitrogens with zero attached hydrogens (tertiary/aromatic N) is 5. The Kier molecular flexibility index (Phi) is 7.02. The van der Waals surface area contributed by atoms with E-state index in [4.69, 9.17) is 5.73 Å². The van der Waals surface area contributed by atoms with Gasteiger partial charge in [-0.3, -0.25) is 4.55 Å². The monoisotopic (exact) mass is 436 g/mol. The van der Waals surface area contributed by atoms with Gasteiger partial charge in [0, 0.05) is 39.3 Å². The fourth-order valence-corrected chi connectivity index (χ4v) is 3.80. The van der Waals surface area contributed by atoms with Gasteiger partial charge in [-0.15, -0.1) is 0 Å². The summed E-state index contributed by atoms with van der Waals surface area (Å²) in [4.78, 5) is 17.5. The highest BCUT2D eigenvalue weighted by Gasteiger charge is 2.21. The van der Waals surface area contributed by atoms with Gasteiger partial charge in [0.2, 0.25) is 17.8 Å². The first-order valence-corrected chi connectivity index (χ1v) is 11.3. The molecule has 0 saturated carbocycles. The number of anilines is 4. The minimum atomic E-state index is -4.42. The van der Waals surface area contributed by atoms with Crippen LogP contribution < -0.4 is 21.3 Å². The summed E-state index contributed by atoms with van der Waals surface area (Å²) >= 11 is 0. The average Bonchev–Trinajstić information content (AvgIpc) is 2.71. The van der Waals surface area contributed by atoms with Crippen molar-refractivity contribution in [2.45, 2.75) is 18.7 Å². The molecule has 0 spiro atoms. The first-order valence-electron chi connectivity index (χ1n) is 9.82. The quantitative estimate of drug-likeness (QED) is 0.433. The number of aromatic nitrogens is 3. The molecule has 2 aromatic rings. The number of likely N-dealkylation sites (N-methyl/N-ethyl adjacent to an activating group) is 1. The van der Waals surface area contributed by atoms with Crippen LogP contribution in [0, 0.1) is 6.92 Å². The van der Waals surface area contributed by atoms with Crippen LogP contribution in [0.15, 0.2) is 23.1 Å². The lowest BCUT2D eigenvalue weighted by molar-refractivity contribution is 0.270. The second-order valence-electron chi connectivity index (χ2n) is 7.02. The maximum atomic E-state index is 11.8. The highest BCUT2D eigenvalue weighted by atomic mass is 32.2. The number of nitrogens with two attached hydrogens (primary N) is 1. The van der Waals surface area contributed by atoms with E-state index in [2.05, 4.69) is 42.3 Å². The van der Waals surface area contributed by atoms with Crippen molar-refractivity contribution in [1.29, 1.82) is 0 Å². The Morgan fingerprint density at radius 3 is 2.47 bits per heavy atom. The van der Waals surface area contributed by atoms with Gasteiger partial charge in [-0.1, -0.05) is 13.0 Å². The van der Waals surface area contributed by atoms with E-state index >= 15 is 0 Å². The smallest absolute Gasteiger partial charge is 0.296 e. The lowest BCUT2D eigenvalue weighted by atomic mass is 10.2. The predicted molar refractivity (Wildman–Crippen MR) is 116 cm³/mol. The molecule has 0 atom stereocenters. The van der Waals surface area contributed by atoms with Crippen LogP contribution in [0.1, 0.15) is 12.5 Å². The number of aryl methyl sites for hydroxylation is 1. The molecule has 1 saturated heterocycles. The van der Waals surface area contributed by atoms with Crippen molar-refractivity contribution >= 4 is 33.7 Å². The van der Waals surface area contributed by atoms with E-state index in [0.717, 1.165) is 38.3 Å². The van der Waals surface area contributed by atoms with E-state index in [1.54, 1.807) is 12.1 Å². The van der Waals surface area contributed by atoms with Crippen LogP contribution in [0.3, 0.4) is 0 Å². The molecule has 12 heteroatoms. The first kappa shape index (κ1) is 22.2. The zero-order valence-electron chi connectivity index (χ0n) is 17.2. The van der Waals surface area contributed by atoms with Crippen LogP contribution in [0.5, 0.6) is 0 Å². The molecule has 0 aliphatic carbocycles. The number of benzene rings is 1. The Bertz CT molecular complexity index is 977. The molecule has 164 valence electrons. The highest BCUT2D eigenvalue weighted by molar-refractivity contribution is 7.86. The molecule has 1 aliphatic rings. The van der Waals surface area contributed by atoms with Gasteiger partial charge in [-0.2, -0.15) is 23.4 Å². The summed E-state index contributed by atoms with van der Waals surface area (Å²) in [6.07, 6.45) is 0. The summed E-state index contributed by atoms with van der Waals surface area (Å²) < 4.78 is 33.1. The molecule has 0 unspecified atom stereocenters. The van der Waals surface area contributed by atoms with Crippen molar-refractivity contribution in [2.24, 2.45) is 5.73 Å². The predicted octanol–water partition coefficient (Wildman–Crippen LogP) is 0.683. The SMILES string of the molecule is CCN1CCN(c2nc(NCCN)nc(Nc3cc(C)ccc3S(=O)(=O)O)n2)CC1. The van der Waals surface area contributed by atoms with E-state index in [1.165, 1.54) is 6.07 Å². The number of hydrogen-bond donors (Lipinski definition) is 4. The molecule has 0 bridgehead atoms. The van der Waals surface area contributed by atoms with Crippen molar-refractivity contribution in [3.63, 3.8) is 0 Å². The molecule has 1 aromatic heterocycles. The Morgan fingerprint density at radius 2 is 1.83 bits per heavy atom. The third-order valence-electron chi connectivity index (χ3n) is 4.81. The molecule has 1 aromatic carbocycles. The summed E-state index contributed by atoms with van der Waals surface area (Å²) in [6.45, 7) is 9.18. The maximum Gasteiger partial charge on any atom is 0.296 e. The lowest BCUT2D eigenvalue weighted by Crippen LogP contribution is -2.46. The minimum absolute atomic E-state index is 0.174. The average molecular weight is 437 g/mol. The summed E-state index contributed by atoms with van der Waals surface area (Å²) in [6, 6.07) is 4.56. The Labute approximate surface area is 176 Å². The molecule has 2 heterocycles. The molecule has 5 N–H and O–H groups in total. The normalized spacial score (nSPS) is 15.3. The third kappa shape index (κ3) is 5.53. The van der Waals surface area contributed by atoms with E-state index in [1.807, 2.05) is 6.92 Å². The van der Waals surface area contributed by atoms with Crippen LogP contribution in [0.25, 0.3) is 0 Å². The van der Waals surface area contributed by atoms with Crippen molar-refractivity contribution in [1.82, 2.24) is 19.9 Å². The zero-order valence-corrected chi connectivity index (χ0v) is 18.0. The van der Waals surface area contributed by atoms with Gasteiger partial charge in [-0.05, 0) is 31.2 Å². The van der Waals surface area contributed by atoms with Crippen LogP contribution in [0.4, 0.5) is 23.5 Å². The highest BCUT2D eigenvalue weighted by Crippen LogP contribution is 2.26. The third-order valence-corrected chi connectivity index (χ3v) is 5.72. The van der Waals surface area contributed by atoms with Crippen LogP contribution in [-0.2, 0) is 10.1 Å². The van der Waals surface area contributed by atoms with E-state index in [0.29, 0.717) is 25.0 Å². The summed E-state index contributed by atoms with van der Waals surface area (Å²) in [5.41, 5.74) is 6.58. The zero-order chi connectivity index (χ0) is 21.7. The molecular formula is C18H28N8O3S. The number of piperazine rings is 1. The Hall–Kier alpha value is -2.54. The van der Waals surface area contributed by atoms with Gasteiger partial charge in [-0.25, -0.2) is 0 Å².